The Hall–Kier alpha value is -0.590. The molecular formula is C12H15Br2NO3. The zero-order valence-corrected chi connectivity index (χ0v) is 13.3. The normalized spacial score (nSPS) is 12.2. The second kappa shape index (κ2) is 7.11. The maximum absolute atomic E-state index is 11.4. The number of nitrogens with one attached hydrogen (secondary N) is 1. The summed E-state index contributed by atoms with van der Waals surface area (Å²) in [5.41, 5.74) is 0.947. The molecule has 0 aliphatic rings. The van der Waals surface area contributed by atoms with Gasteiger partial charge in [0.2, 0.25) is 0 Å². The number of phenols is 1. The second-order valence-corrected chi connectivity index (χ2v) is 5.47. The third-order valence-electron chi connectivity index (χ3n) is 2.33. The van der Waals surface area contributed by atoms with E-state index in [-0.39, 0.29) is 17.8 Å². The van der Waals surface area contributed by atoms with Gasteiger partial charge in [-0.3, -0.25) is 4.79 Å². The fourth-order valence-electron chi connectivity index (χ4n) is 1.34. The van der Waals surface area contributed by atoms with Gasteiger partial charge in [0.25, 0.3) is 0 Å². The number of carbonyl (C=O) groups is 1. The fraction of sp³-hybridized carbons (Fsp3) is 0.417. The maximum Gasteiger partial charge on any atom is 0.322 e. The molecule has 0 aliphatic carbocycles. The Labute approximate surface area is 123 Å². The van der Waals surface area contributed by atoms with Crippen molar-refractivity contribution in [1.82, 2.24) is 5.32 Å². The molecule has 0 bridgehead atoms. The van der Waals surface area contributed by atoms with Gasteiger partial charge in [-0.15, -0.1) is 0 Å². The number of rotatable bonds is 5. The summed E-state index contributed by atoms with van der Waals surface area (Å²) in [6.07, 6.45) is 0. The van der Waals surface area contributed by atoms with E-state index in [1.165, 1.54) is 0 Å². The van der Waals surface area contributed by atoms with Gasteiger partial charge in [0.1, 0.15) is 11.8 Å². The first kappa shape index (κ1) is 15.5. The van der Waals surface area contributed by atoms with E-state index >= 15 is 0 Å². The summed E-state index contributed by atoms with van der Waals surface area (Å²) in [6, 6.07) is 3.23. The Kier molecular flexibility index (Phi) is 6.11. The molecule has 1 aromatic carbocycles. The molecule has 0 saturated carbocycles. The zero-order chi connectivity index (χ0) is 13.7. The van der Waals surface area contributed by atoms with Crippen LogP contribution in [0, 0.1) is 0 Å². The lowest BCUT2D eigenvalue weighted by molar-refractivity contribution is -0.145. The minimum atomic E-state index is -0.365. The average Bonchev–Trinajstić information content (AvgIpc) is 2.33. The second-order valence-electron chi connectivity index (χ2n) is 3.76. The van der Waals surface area contributed by atoms with Crippen molar-refractivity contribution < 1.29 is 14.6 Å². The molecule has 18 heavy (non-hydrogen) atoms. The summed E-state index contributed by atoms with van der Waals surface area (Å²) in [5, 5.41) is 12.6. The van der Waals surface area contributed by atoms with E-state index in [0.29, 0.717) is 22.1 Å². The minimum Gasteiger partial charge on any atom is -0.506 e. The molecular weight excluding hydrogens is 366 g/mol. The lowest BCUT2D eigenvalue weighted by Crippen LogP contribution is -2.34. The molecule has 0 radical (unpaired) electrons. The number of ether oxygens (including phenoxy) is 1. The third kappa shape index (κ3) is 4.26. The summed E-state index contributed by atoms with van der Waals surface area (Å²) in [4.78, 5) is 11.4. The number of esters is 1. The highest BCUT2D eigenvalue weighted by Gasteiger charge is 2.13. The number of aromatic hydroxyl groups is 1. The molecule has 0 heterocycles. The summed E-state index contributed by atoms with van der Waals surface area (Å²) in [7, 11) is 0. The highest BCUT2D eigenvalue weighted by atomic mass is 79.9. The predicted octanol–water partition coefficient (Wildman–Crippen LogP) is 2.96. The van der Waals surface area contributed by atoms with Gasteiger partial charge in [-0.2, -0.15) is 0 Å². The van der Waals surface area contributed by atoms with Crippen LogP contribution in [0.5, 0.6) is 5.75 Å². The number of benzene rings is 1. The van der Waals surface area contributed by atoms with Gasteiger partial charge >= 0.3 is 5.97 Å². The van der Waals surface area contributed by atoms with Crippen molar-refractivity contribution in [3.8, 4) is 5.75 Å². The van der Waals surface area contributed by atoms with Crippen molar-refractivity contribution in [3.63, 3.8) is 0 Å². The Morgan fingerprint density at radius 1 is 1.44 bits per heavy atom. The third-order valence-corrected chi connectivity index (χ3v) is 3.54. The highest BCUT2D eigenvalue weighted by molar-refractivity contribution is 9.11. The molecule has 0 aromatic heterocycles. The number of carbonyl (C=O) groups excluding carboxylic acids is 1. The van der Waals surface area contributed by atoms with Crippen LogP contribution < -0.4 is 5.32 Å². The van der Waals surface area contributed by atoms with Gasteiger partial charge in [-0.05, 0) is 63.4 Å². The van der Waals surface area contributed by atoms with Crippen LogP contribution in [0.1, 0.15) is 19.4 Å². The van der Waals surface area contributed by atoms with E-state index < -0.39 is 0 Å². The van der Waals surface area contributed by atoms with Crippen molar-refractivity contribution in [3.05, 3.63) is 26.6 Å². The molecule has 1 unspecified atom stereocenters. The summed E-state index contributed by atoms with van der Waals surface area (Å²) in [6.45, 7) is 4.42. The van der Waals surface area contributed by atoms with Crippen LogP contribution in [0.4, 0.5) is 0 Å². The lowest BCUT2D eigenvalue weighted by atomic mass is 10.2. The largest absolute Gasteiger partial charge is 0.506 e. The van der Waals surface area contributed by atoms with Gasteiger partial charge in [-0.25, -0.2) is 0 Å². The monoisotopic (exact) mass is 379 g/mol. The van der Waals surface area contributed by atoms with E-state index in [9.17, 15) is 9.90 Å². The smallest absolute Gasteiger partial charge is 0.322 e. The molecule has 0 amide bonds. The standard InChI is InChI=1S/C12H15Br2NO3/c1-3-18-12(17)7(2)15-6-8-4-9(13)11(16)10(14)5-8/h4-5,7,15-16H,3,6H2,1-2H3. The van der Waals surface area contributed by atoms with Crippen molar-refractivity contribution in [2.75, 3.05) is 6.61 Å². The molecule has 6 heteroatoms. The van der Waals surface area contributed by atoms with Crippen molar-refractivity contribution in [2.24, 2.45) is 0 Å². The van der Waals surface area contributed by atoms with Crippen molar-refractivity contribution in [2.45, 2.75) is 26.4 Å². The van der Waals surface area contributed by atoms with Crippen LogP contribution in [0.15, 0.2) is 21.1 Å². The van der Waals surface area contributed by atoms with Gasteiger partial charge in [0.05, 0.1) is 15.6 Å². The van der Waals surface area contributed by atoms with E-state index in [1.54, 1.807) is 26.0 Å². The van der Waals surface area contributed by atoms with E-state index in [2.05, 4.69) is 37.2 Å². The lowest BCUT2D eigenvalue weighted by Gasteiger charge is -2.13. The van der Waals surface area contributed by atoms with Crippen LogP contribution in [0.3, 0.4) is 0 Å². The highest BCUT2D eigenvalue weighted by Crippen LogP contribution is 2.33. The fourth-order valence-corrected chi connectivity index (χ4v) is 2.62. The molecule has 0 spiro atoms. The minimum absolute atomic E-state index is 0.164. The first-order valence-corrected chi connectivity index (χ1v) is 7.11. The van der Waals surface area contributed by atoms with Crippen LogP contribution in [0.25, 0.3) is 0 Å². The Bertz CT molecular complexity index is 414. The number of phenolic OH excluding ortho intramolecular Hbond substituents is 1. The molecule has 0 fully saturated rings. The van der Waals surface area contributed by atoms with Crippen molar-refractivity contribution in [1.29, 1.82) is 0 Å². The van der Waals surface area contributed by atoms with Gasteiger partial charge in [0, 0.05) is 6.54 Å². The average molecular weight is 381 g/mol. The quantitative estimate of drug-likeness (QED) is 0.771. The molecule has 2 N–H and O–H groups in total. The predicted molar refractivity (Wildman–Crippen MR) is 76.4 cm³/mol. The maximum atomic E-state index is 11.4. The topological polar surface area (TPSA) is 58.6 Å². The van der Waals surface area contributed by atoms with E-state index in [0.717, 1.165) is 5.56 Å². The Morgan fingerprint density at radius 2 is 2.00 bits per heavy atom. The number of halogens is 2. The molecule has 0 aliphatic heterocycles. The molecule has 0 saturated heterocycles. The van der Waals surface area contributed by atoms with E-state index in [4.69, 9.17) is 4.74 Å². The SMILES string of the molecule is CCOC(=O)C(C)NCc1cc(Br)c(O)c(Br)c1. The summed E-state index contributed by atoms with van der Waals surface area (Å²) >= 11 is 6.52. The number of hydrogen-bond donors (Lipinski definition) is 2. The first-order chi connectivity index (χ1) is 8.45. The van der Waals surface area contributed by atoms with Gasteiger partial charge in [0.15, 0.2) is 0 Å². The van der Waals surface area contributed by atoms with Gasteiger partial charge < -0.3 is 15.2 Å². The van der Waals surface area contributed by atoms with Crippen LogP contribution in [0.2, 0.25) is 0 Å². The Balaban J connectivity index is 2.61. The summed E-state index contributed by atoms with van der Waals surface area (Å²) < 4.78 is 6.12. The molecule has 4 nitrogen and oxygen atoms in total. The summed E-state index contributed by atoms with van der Waals surface area (Å²) in [5.74, 6) is -0.105. The Morgan fingerprint density at radius 3 is 2.50 bits per heavy atom. The van der Waals surface area contributed by atoms with Crippen molar-refractivity contribution >= 4 is 37.8 Å². The van der Waals surface area contributed by atoms with Crippen LogP contribution in [-0.4, -0.2) is 23.7 Å². The zero-order valence-electron chi connectivity index (χ0n) is 10.2. The molecule has 1 aromatic rings. The first-order valence-electron chi connectivity index (χ1n) is 5.52. The van der Waals surface area contributed by atoms with E-state index in [1.807, 2.05) is 0 Å². The molecule has 1 atom stereocenters. The van der Waals surface area contributed by atoms with Gasteiger partial charge in [-0.1, -0.05) is 0 Å². The molecule has 100 valence electrons. The van der Waals surface area contributed by atoms with Crippen LogP contribution in [-0.2, 0) is 16.1 Å². The molecule has 1 rings (SSSR count). The number of hydrogen-bond acceptors (Lipinski definition) is 4. The van der Waals surface area contributed by atoms with Crippen LogP contribution >= 0.6 is 31.9 Å².